The van der Waals surface area contributed by atoms with Crippen molar-refractivity contribution in [1.82, 2.24) is 4.73 Å². The van der Waals surface area contributed by atoms with Gasteiger partial charge in [-0.05, 0) is 12.1 Å². The molecule has 0 aliphatic carbocycles. The normalized spacial score (nSPS) is 10.8. The lowest BCUT2D eigenvalue weighted by atomic mass is 10.2. The Balaban J connectivity index is 3.09. The second kappa shape index (κ2) is 2.19. The maximum atomic E-state index is 9.28. The van der Waals surface area contributed by atoms with E-state index in [0.29, 0.717) is 4.73 Å². The number of phenols is 1. The van der Waals surface area contributed by atoms with E-state index >= 15 is 0 Å². The van der Waals surface area contributed by atoms with Crippen LogP contribution in [0.15, 0.2) is 16.5 Å². The maximum absolute atomic E-state index is 9.28. The number of nitrogens with two attached hydrogens (primary N) is 1. The average molecular weight is 181 g/mol. The third-order valence-electron chi connectivity index (χ3n) is 1.74. The van der Waals surface area contributed by atoms with Crippen LogP contribution in [0.3, 0.4) is 0 Å². The van der Waals surface area contributed by atoms with E-state index in [1.54, 1.807) is 0 Å². The maximum Gasteiger partial charge on any atom is 0.329 e. The molecule has 2 rings (SSSR count). The van der Waals surface area contributed by atoms with Gasteiger partial charge in [-0.15, -0.1) is 4.73 Å². The van der Waals surface area contributed by atoms with Crippen LogP contribution in [-0.4, -0.2) is 15.0 Å². The summed E-state index contributed by atoms with van der Waals surface area (Å²) in [5.41, 5.74) is 5.36. The summed E-state index contributed by atoms with van der Waals surface area (Å²) in [6.07, 6.45) is 0. The van der Waals surface area contributed by atoms with Gasteiger partial charge < -0.3 is 20.5 Å². The van der Waals surface area contributed by atoms with Crippen molar-refractivity contribution in [3.63, 3.8) is 0 Å². The van der Waals surface area contributed by atoms with Gasteiger partial charge in [0.2, 0.25) is 5.58 Å². The Kier molecular flexibility index (Phi) is 1.27. The predicted molar refractivity (Wildman–Crippen MR) is 43.3 cm³/mol. The molecule has 0 fully saturated rings. The lowest BCUT2D eigenvalue weighted by molar-refractivity contribution is 0.165. The van der Waals surface area contributed by atoms with Gasteiger partial charge in [0, 0.05) is 0 Å². The van der Waals surface area contributed by atoms with Gasteiger partial charge in [0.05, 0.1) is 5.69 Å². The largest absolute Gasteiger partial charge is 0.504 e. The van der Waals surface area contributed by atoms with Crippen LogP contribution in [0.1, 0.15) is 0 Å². The van der Waals surface area contributed by atoms with E-state index in [1.807, 2.05) is 0 Å². The van der Waals surface area contributed by atoms with E-state index in [2.05, 4.69) is 0 Å². The summed E-state index contributed by atoms with van der Waals surface area (Å²) >= 11 is 0. The van der Waals surface area contributed by atoms with E-state index < -0.39 is 5.68 Å². The second-order valence-corrected chi connectivity index (χ2v) is 2.57. The lowest BCUT2D eigenvalue weighted by Crippen LogP contribution is -2.10. The minimum Gasteiger partial charge on any atom is -0.504 e. The van der Waals surface area contributed by atoms with Crippen LogP contribution in [0.2, 0.25) is 0 Å². The first kappa shape index (κ1) is 7.53. The topological polar surface area (TPSA) is 108 Å². The first-order valence-corrected chi connectivity index (χ1v) is 3.48. The van der Waals surface area contributed by atoms with Crippen molar-refractivity contribution in [2.75, 3.05) is 5.73 Å². The number of hydrogen-bond donors (Lipinski definition) is 4. The number of anilines is 1. The molecule has 0 saturated carbocycles. The van der Waals surface area contributed by atoms with Crippen molar-refractivity contribution >= 4 is 16.8 Å². The minimum atomic E-state index is -0.483. The standard InChI is InChI=1S/C7H7N3O3/c8-3-1-2-4(11)6-5(3)10(12)7(9)13-6/h1-2,9,11-12H,8H2. The Morgan fingerprint density at radius 1 is 1.46 bits per heavy atom. The first-order valence-electron chi connectivity index (χ1n) is 3.48. The Hall–Kier alpha value is -2.11. The number of aromatic nitrogens is 1. The van der Waals surface area contributed by atoms with E-state index in [9.17, 15) is 10.3 Å². The van der Waals surface area contributed by atoms with E-state index in [1.165, 1.54) is 12.1 Å². The number of fused-ring (bicyclic) bond motifs is 1. The quantitative estimate of drug-likeness (QED) is 0.265. The molecule has 6 heteroatoms. The van der Waals surface area contributed by atoms with Crippen LogP contribution in [0, 0.1) is 5.41 Å². The summed E-state index contributed by atoms with van der Waals surface area (Å²) < 4.78 is 5.24. The second-order valence-electron chi connectivity index (χ2n) is 2.57. The zero-order chi connectivity index (χ0) is 9.59. The SMILES string of the molecule is N=c1oc2c(O)ccc(N)c2n1O. The fourth-order valence-electron chi connectivity index (χ4n) is 1.14. The molecule has 1 aromatic carbocycles. The van der Waals surface area contributed by atoms with E-state index in [-0.39, 0.29) is 22.5 Å². The lowest BCUT2D eigenvalue weighted by Gasteiger charge is -1.97. The highest BCUT2D eigenvalue weighted by molar-refractivity contribution is 5.89. The van der Waals surface area contributed by atoms with Crippen molar-refractivity contribution in [3.05, 3.63) is 17.8 Å². The highest BCUT2D eigenvalue weighted by atomic mass is 16.5. The molecule has 0 spiro atoms. The Morgan fingerprint density at radius 2 is 2.15 bits per heavy atom. The van der Waals surface area contributed by atoms with E-state index in [0.717, 1.165) is 0 Å². The molecule has 0 aliphatic heterocycles. The highest BCUT2D eigenvalue weighted by Crippen LogP contribution is 2.27. The van der Waals surface area contributed by atoms with Crippen LogP contribution < -0.4 is 11.4 Å². The molecule has 0 unspecified atom stereocenters. The molecule has 13 heavy (non-hydrogen) atoms. The molecule has 0 radical (unpaired) electrons. The van der Waals surface area contributed by atoms with Crippen molar-refractivity contribution in [2.45, 2.75) is 0 Å². The van der Waals surface area contributed by atoms with Crippen molar-refractivity contribution in [3.8, 4) is 5.75 Å². The summed E-state index contributed by atoms with van der Waals surface area (Å²) in [5.74, 6) is -0.162. The van der Waals surface area contributed by atoms with Crippen LogP contribution in [-0.2, 0) is 0 Å². The summed E-state index contributed by atoms with van der Waals surface area (Å²) in [7, 11) is 0. The molecule has 0 saturated heterocycles. The summed E-state index contributed by atoms with van der Waals surface area (Å²) in [6.45, 7) is 0. The molecule has 6 nitrogen and oxygen atoms in total. The number of rotatable bonds is 0. The van der Waals surface area contributed by atoms with Crippen molar-refractivity contribution in [2.24, 2.45) is 0 Å². The number of phenolic OH excluding ortho intramolecular Hbond substituents is 1. The third kappa shape index (κ3) is 0.851. The smallest absolute Gasteiger partial charge is 0.329 e. The van der Waals surface area contributed by atoms with Crippen molar-refractivity contribution in [1.29, 1.82) is 5.41 Å². The molecule has 1 heterocycles. The first-order chi connectivity index (χ1) is 6.11. The number of benzene rings is 1. The van der Waals surface area contributed by atoms with Crippen LogP contribution in [0.5, 0.6) is 5.75 Å². The molecule has 2 aromatic rings. The van der Waals surface area contributed by atoms with Crippen LogP contribution in [0.25, 0.3) is 11.1 Å². The van der Waals surface area contributed by atoms with Gasteiger partial charge in [-0.25, -0.2) is 5.41 Å². The molecular formula is C7H7N3O3. The summed E-state index contributed by atoms with van der Waals surface area (Å²) in [4.78, 5) is 0. The fraction of sp³-hybridized carbons (Fsp3) is 0. The molecule has 1 aromatic heterocycles. The van der Waals surface area contributed by atoms with Gasteiger partial charge >= 0.3 is 5.68 Å². The number of hydrogen-bond acceptors (Lipinski definition) is 5. The Bertz CT molecular complexity index is 525. The zero-order valence-corrected chi connectivity index (χ0v) is 6.48. The van der Waals surface area contributed by atoms with Crippen LogP contribution in [0.4, 0.5) is 5.69 Å². The summed E-state index contributed by atoms with van der Waals surface area (Å²) in [5, 5.41) is 25.6. The van der Waals surface area contributed by atoms with Gasteiger partial charge in [0.15, 0.2) is 11.3 Å². The molecule has 0 atom stereocenters. The molecule has 0 aliphatic rings. The van der Waals surface area contributed by atoms with Gasteiger partial charge in [0.1, 0.15) is 0 Å². The Labute approximate surface area is 71.9 Å². The number of nitrogens with one attached hydrogen (secondary N) is 1. The number of oxazole rings is 1. The molecule has 5 N–H and O–H groups in total. The van der Waals surface area contributed by atoms with Gasteiger partial charge in [-0.1, -0.05) is 0 Å². The molecule has 68 valence electrons. The summed E-state index contributed by atoms with van der Waals surface area (Å²) in [6, 6.07) is 2.75. The van der Waals surface area contributed by atoms with E-state index in [4.69, 9.17) is 15.6 Å². The monoisotopic (exact) mass is 181 g/mol. The highest BCUT2D eigenvalue weighted by Gasteiger charge is 2.12. The van der Waals surface area contributed by atoms with Crippen LogP contribution >= 0.6 is 0 Å². The van der Waals surface area contributed by atoms with Crippen molar-refractivity contribution < 1.29 is 14.7 Å². The number of nitrogens with zero attached hydrogens (tertiary/aromatic N) is 1. The molecule has 0 amide bonds. The fourth-order valence-corrected chi connectivity index (χ4v) is 1.14. The predicted octanol–water partition coefficient (Wildman–Crippen LogP) is 0.239. The van der Waals surface area contributed by atoms with Gasteiger partial charge in [-0.3, -0.25) is 0 Å². The molecule has 0 bridgehead atoms. The average Bonchev–Trinajstić information content (AvgIpc) is 2.38. The number of nitrogen functional groups attached to an aromatic ring is 1. The van der Waals surface area contributed by atoms with Gasteiger partial charge in [0.25, 0.3) is 0 Å². The number of aromatic hydroxyl groups is 1. The minimum absolute atomic E-state index is 0.00694. The zero-order valence-electron chi connectivity index (χ0n) is 6.48. The molecular weight excluding hydrogens is 174 g/mol. The van der Waals surface area contributed by atoms with Gasteiger partial charge in [-0.2, -0.15) is 0 Å². The Morgan fingerprint density at radius 3 is 2.77 bits per heavy atom. The third-order valence-corrected chi connectivity index (χ3v) is 1.74.